The molecule has 592 valence electrons. The zero-order chi connectivity index (χ0) is 83.0. The summed E-state index contributed by atoms with van der Waals surface area (Å²) in [6, 6.07) is 156. The Balaban J connectivity index is 0.644. The number of nitrogens with zero attached hydrogens (tertiary/aromatic N) is 2. The number of hydrogen-bond acceptors (Lipinski definition) is 4. The van der Waals surface area contributed by atoms with Crippen molar-refractivity contribution in [2.24, 2.45) is 0 Å². The highest BCUT2D eigenvalue weighted by Gasteiger charge is 2.44. The molecule has 124 heavy (non-hydrogen) atoms. The van der Waals surface area contributed by atoms with Crippen molar-refractivity contribution >= 4 is 163 Å². The molecule has 21 aromatic rings. The van der Waals surface area contributed by atoms with Gasteiger partial charge in [0.2, 0.25) is 0 Å². The quantitative estimate of drug-likeness (QED) is 0.0433. The molecule has 4 nitrogen and oxygen atoms in total. The van der Waals surface area contributed by atoms with Crippen molar-refractivity contribution in [1.82, 2.24) is 0 Å². The summed E-state index contributed by atoms with van der Waals surface area (Å²) in [6.07, 6.45) is 9.40. The Kier molecular flexibility index (Phi) is 19.1. The third-order valence-electron chi connectivity index (χ3n) is 26.3. The number of fused-ring (bicyclic) bond motifs is 6. The number of benzene rings is 19. The van der Waals surface area contributed by atoms with Crippen LogP contribution < -0.4 is 46.1 Å². The number of rotatable bonds is 20. The van der Waals surface area contributed by atoms with Gasteiger partial charge in [0, 0.05) is 44.3 Å². The van der Waals surface area contributed by atoms with Crippen molar-refractivity contribution in [2.45, 2.75) is 52.4 Å². The fourth-order valence-corrected chi connectivity index (χ4v) is 30.2. The molecule has 0 spiro atoms. The van der Waals surface area contributed by atoms with Crippen molar-refractivity contribution in [2.75, 3.05) is 9.80 Å². The smallest absolute Gasteiger partial charge is 0.179 e. The van der Waals surface area contributed by atoms with E-state index >= 15 is 0 Å². The molecule has 1 aliphatic rings. The molecule has 0 fully saturated rings. The molecule has 0 unspecified atom stereocenters. The third-order valence-corrected chi connectivity index (χ3v) is 35.9. The van der Waals surface area contributed by atoms with Crippen LogP contribution in [0.15, 0.2) is 451 Å². The molecule has 22 rings (SSSR count). The summed E-state index contributed by atoms with van der Waals surface area (Å²) in [5.74, 6) is 0.485. The average Bonchev–Trinajstić information content (AvgIpc) is 0.780. The Morgan fingerprint density at radius 2 is 0.589 bits per heavy atom. The number of anilines is 6. The number of hydrogen-bond donors (Lipinski definition) is 0. The number of allylic oxidation sites excluding steroid dienone is 4. The zero-order valence-electron chi connectivity index (χ0n) is 69.8. The fourth-order valence-electron chi connectivity index (χ4n) is 20.5. The minimum atomic E-state index is -2.75. The normalized spacial score (nSPS) is 12.6. The van der Waals surface area contributed by atoms with E-state index in [0.29, 0.717) is 0 Å². The predicted molar refractivity (Wildman–Crippen MR) is 532 cm³/mol. The van der Waals surface area contributed by atoms with Crippen LogP contribution in [0.2, 0.25) is 0 Å². The highest BCUT2D eigenvalue weighted by atomic mass is 28.3. The van der Waals surface area contributed by atoms with Crippen LogP contribution in [0.25, 0.3) is 121 Å². The van der Waals surface area contributed by atoms with Crippen LogP contribution in [-0.4, -0.2) is 16.1 Å². The Morgan fingerprint density at radius 3 is 0.976 bits per heavy atom. The van der Waals surface area contributed by atoms with Crippen LogP contribution in [0.3, 0.4) is 0 Å². The SMILES string of the molecule is CC(C)c1cc(-c2ccc(N(c3cccc(-c4ccc([Si](C5=CCCC=C5)(c5ccccc5)c5ccccc5)cc4)c3)c3cccc4c3oc3ccccc34)cc2)c2ccc3c(C(C)C)cc(-c4ccc(N(c5cccc(-c6ccc([Si](c7ccccc7)(c7ccccc7)c7ccccc7)cc6)c5)c5cccc6c5oc5ccccc56)cc4)c4ccc1c2c43. The van der Waals surface area contributed by atoms with Crippen LogP contribution in [0.4, 0.5) is 34.1 Å². The summed E-state index contributed by atoms with van der Waals surface area (Å²) in [5.41, 5.74) is 21.4. The molecular weight excluding hydrogens is 1530 g/mol. The van der Waals surface area contributed by atoms with Gasteiger partial charge in [-0.25, -0.2) is 0 Å². The maximum atomic E-state index is 6.95. The van der Waals surface area contributed by atoms with Gasteiger partial charge in [0.05, 0.1) is 11.4 Å². The second-order valence-corrected chi connectivity index (χ2v) is 41.5. The summed E-state index contributed by atoms with van der Waals surface area (Å²) < 4.78 is 13.9. The topological polar surface area (TPSA) is 32.8 Å². The Labute approximate surface area is 726 Å². The molecule has 2 heterocycles. The Hall–Kier alpha value is -14.7. The lowest BCUT2D eigenvalue weighted by Gasteiger charge is -2.36. The summed E-state index contributed by atoms with van der Waals surface area (Å²) in [6.45, 7) is 9.40. The maximum Gasteiger partial charge on any atom is 0.179 e. The van der Waals surface area contributed by atoms with Crippen molar-refractivity contribution in [3.05, 3.63) is 453 Å². The molecule has 0 saturated carbocycles. The molecule has 0 N–H and O–H groups in total. The van der Waals surface area contributed by atoms with Gasteiger partial charge in [-0.2, -0.15) is 0 Å². The molecule has 6 heteroatoms. The molecule has 1 aliphatic carbocycles. The lowest BCUT2D eigenvalue weighted by molar-refractivity contribution is 0.668. The predicted octanol–water partition coefficient (Wildman–Crippen LogP) is 27.9. The highest BCUT2D eigenvalue weighted by molar-refractivity contribution is 7.20. The van der Waals surface area contributed by atoms with Crippen LogP contribution in [0.1, 0.15) is 63.5 Å². The minimum absolute atomic E-state index is 0.242. The van der Waals surface area contributed by atoms with Crippen molar-refractivity contribution in [3.63, 3.8) is 0 Å². The highest BCUT2D eigenvalue weighted by Crippen LogP contribution is 2.51. The van der Waals surface area contributed by atoms with Gasteiger partial charge < -0.3 is 18.6 Å². The van der Waals surface area contributed by atoms with E-state index in [1.807, 2.05) is 0 Å². The van der Waals surface area contributed by atoms with Gasteiger partial charge >= 0.3 is 0 Å². The van der Waals surface area contributed by atoms with Gasteiger partial charge in [-0.15, -0.1) is 0 Å². The van der Waals surface area contributed by atoms with Gasteiger partial charge in [-0.3, -0.25) is 0 Å². The lowest BCUT2D eigenvalue weighted by atomic mass is 9.81. The molecular formula is C118H90N2O2Si2. The first-order valence-corrected chi connectivity index (χ1v) is 47.6. The van der Waals surface area contributed by atoms with Crippen LogP contribution in [-0.2, 0) is 0 Å². The Morgan fingerprint density at radius 1 is 0.250 bits per heavy atom. The summed E-state index contributed by atoms with van der Waals surface area (Å²) in [4.78, 5) is 4.79. The summed E-state index contributed by atoms with van der Waals surface area (Å²) in [5, 5.41) is 23.0. The van der Waals surface area contributed by atoms with Crippen LogP contribution in [0, 0.1) is 0 Å². The molecule has 0 radical (unpaired) electrons. The van der Waals surface area contributed by atoms with Crippen LogP contribution in [0.5, 0.6) is 0 Å². The fraction of sp³-hybridized carbons (Fsp3) is 0.0678. The maximum absolute atomic E-state index is 6.95. The van der Waals surface area contributed by atoms with Crippen molar-refractivity contribution in [1.29, 1.82) is 0 Å². The third kappa shape index (κ3) is 12.7. The van der Waals surface area contributed by atoms with E-state index in [-0.39, 0.29) is 11.8 Å². The molecule has 0 amide bonds. The first-order valence-electron chi connectivity index (χ1n) is 43.6. The van der Waals surface area contributed by atoms with Gasteiger partial charge in [0.25, 0.3) is 0 Å². The van der Waals surface area contributed by atoms with E-state index in [1.54, 1.807) is 0 Å². The second-order valence-electron chi connectivity index (χ2n) is 33.9. The van der Waals surface area contributed by atoms with Crippen molar-refractivity contribution in [3.8, 4) is 44.5 Å². The standard InChI is InChI=1S/C118H90N2O2Si2/c1-79(2)107-77-109(83-55-63-87(64-56-83)119(111-51-29-49-105-99-47-23-25-53-113(99)121-117(105)111)89-33-27-31-85(75-89)81-59-67-97(68-60-81)123(91-35-11-5-12-36-91,92-37-13-6-14-38-92)93-39-15-7-16-40-93)103-74-72-102-108(80(3)4)78-110(104-73-71-101(107)115(103)116(102)104)84-57-65-88(66-58-84)120(112-52-30-50-106-100-48-24-26-54-114(100)122-118(106)112)90-34-28-32-86(76-90)82-61-69-98(70-62-82)124(94-41-17-8-18-42-94,95-43-19-9-20-44-95)96-45-21-10-22-46-96/h5-9,11-21,23-80H,10,22H2,1-4H3. The zero-order valence-corrected chi connectivity index (χ0v) is 71.8. The molecule has 0 saturated heterocycles. The minimum Gasteiger partial charge on any atom is -0.454 e. The first-order chi connectivity index (χ1) is 61.1. The lowest BCUT2D eigenvalue weighted by Crippen LogP contribution is -2.74. The van der Waals surface area contributed by atoms with Crippen LogP contribution >= 0.6 is 0 Å². The summed E-state index contributed by atoms with van der Waals surface area (Å²) >= 11 is 0. The molecule has 0 atom stereocenters. The van der Waals surface area contributed by atoms with Crippen molar-refractivity contribution < 1.29 is 8.83 Å². The molecule has 0 bridgehead atoms. The number of para-hydroxylation sites is 4. The number of furan rings is 2. The Bertz CT molecular complexity index is 7490. The summed E-state index contributed by atoms with van der Waals surface area (Å²) in [7, 11) is -5.46. The first kappa shape index (κ1) is 75.5. The van der Waals surface area contributed by atoms with E-state index in [2.05, 4.69) is 474 Å². The molecule has 2 aromatic heterocycles. The van der Waals surface area contributed by atoms with Gasteiger partial charge in [0.15, 0.2) is 27.3 Å². The monoisotopic (exact) mass is 1620 g/mol. The molecule has 0 aliphatic heterocycles. The van der Waals surface area contributed by atoms with E-state index in [0.717, 1.165) is 124 Å². The average molecular weight is 1620 g/mol. The van der Waals surface area contributed by atoms with Gasteiger partial charge in [-0.1, -0.05) is 380 Å². The van der Waals surface area contributed by atoms with E-state index in [4.69, 9.17) is 8.83 Å². The van der Waals surface area contributed by atoms with E-state index in [1.165, 1.54) is 96.1 Å². The largest absolute Gasteiger partial charge is 0.454 e. The van der Waals surface area contributed by atoms with Gasteiger partial charge in [-0.05, 0) is 239 Å². The van der Waals surface area contributed by atoms with Gasteiger partial charge in [0.1, 0.15) is 11.2 Å². The van der Waals surface area contributed by atoms with E-state index < -0.39 is 16.1 Å². The second kappa shape index (κ2) is 31.4. The van der Waals surface area contributed by atoms with E-state index in [9.17, 15) is 0 Å². The molecule has 19 aromatic carbocycles.